The Kier molecular flexibility index (Phi) is 5530000. The van der Waals surface area contributed by atoms with E-state index in [4.69, 9.17) is 47.3 Å². The van der Waals surface area contributed by atoms with Crippen molar-refractivity contribution in [2.45, 2.75) is 0 Å². The molecule has 0 atom stereocenters. The summed E-state index contributed by atoms with van der Waals surface area (Å²) in [5, 5.41) is 25.0. The first-order chi connectivity index (χ1) is 4.00. The largest absolute Gasteiger partial charge is 2.00 e. The summed E-state index contributed by atoms with van der Waals surface area (Å²) in [6, 6.07) is 0. The zero-order valence-corrected chi connectivity index (χ0v) is 13.5. The Labute approximate surface area is 137 Å². The van der Waals surface area contributed by atoms with Crippen LogP contribution in [0.1, 0.15) is 0 Å². The van der Waals surface area contributed by atoms with Gasteiger partial charge in [0.05, 0.1) is 0 Å². The predicted molar refractivity (Wildman–Crippen MR) is 40.1 cm³/mol. The van der Waals surface area contributed by atoms with E-state index >= 15 is 0 Å². The number of rotatable bonds is 0. The molecule has 80 valence electrons. The summed E-state index contributed by atoms with van der Waals surface area (Å²) < 4.78 is 0. The molecule has 0 aliphatic rings. The standard InChI is InChI=1S/4CN.Ba.4H2O.Pt/c4*1-2;;;;;;/h;;;;;4*1H2;/q4*-1;+2;;;;;+2. The first-order valence-electron chi connectivity index (χ1n) is 0.894. The topological polar surface area (TPSA) is 221 Å². The molecule has 0 spiro atoms. The third kappa shape index (κ3) is 413000. The minimum Gasteiger partial charge on any atom is -0.512 e. The van der Waals surface area contributed by atoms with Crippen LogP contribution >= 0.6 is 0 Å². The maximum absolute atomic E-state index is 6.25. The molecule has 0 fully saturated rings. The third-order valence-corrected chi connectivity index (χ3v) is 0. The Morgan fingerprint density at radius 3 is 0.429 bits per heavy atom. The van der Waals surface area contributed by atoms with Gasteiger partial charge in [-0.2, -0.15) is 0 Å². The van der Waals surface area contributed by atoms with Crippen LogP contribution in [0.3, 0.4) is 0 Å². The fourth-order valence-corrected chi connectivity index (χ4v) is 0. The normalized spacial score (nSPS) is 0.571. The van der Waals surface area contributed by atoms with Crippen LogP contribution in [0, 0.1) is 47.3 Å². The molecule has 8 nitrogen and oxygen atoms in total. The smallest absolute Gasteiger partial charge is 0.512 e. The maximum Gasteiger partial charge on any atom is 2.00 e. The predicted octanol–water partition coefficient (Wildman–Crippen LogP) is -3.30. The average molecular weight is 509 g/mol. The van der Waals surface area contributed by atoms with Crippen LogP contribution < -0.4 is 0 Å². The van der Waals surface area contributed by atoms with Crippen molar-refractivity contribution in [3.8, 4) is 0 Å². The number of nitrogens with zero attached hydrogens (tertiary/aromatic N) is 4. The molecule has 8 N–H and O–H groups in total. The quantitative estimate of drug-likeness (QED) is 0.242. The van der Waals surface area contributed by atoms with Gasteiger partial charge in [-0.25, -0.2) is 0 Å². The molecule has 10 heteroatoms. The molecule has 0 rings (SSSR count). The average Bonchev–Trinajstić information content (AvgIpc) is 2.03. The van der Waals surface area contributed by atoms with Crippen molar-refractivity contribution in [3.63, 3.8) is 0 Å². The molecule has 0 heterocycles. The second-order valence-electron chi connectivity index (χ2n) is 0. The molecule has 0 aromatic rings. The summed E-state index contributed by atoms with van der Waals surface area (Å²) in [7, 11) is 0. The monoisotopic (exact) mass is 509 g/mol. The van der Waals surface area contributed by atoms with Gasteiger partial charge < -0.3 is 69.2 Å². The first kappa shape index (κ1) is 145. The van der Waals surface area contributed by atoms with Gasteiger partial charge in [-0.05, 0) is 0 Å². The van der Waals surface area contributed by atoms with E-state index < -0.39 is 0 Å². The first-order valence-corrected chi connectivity index (χ1v) is 0.894. The molecule has 0 radical (unpaired) electrons. The van der Waals surface area contributed by atoms with Gasteiger partial charge in [-0.15, -0.1) is 0 Å². The van der Waals surface area contributed by atoms with Gasteiger partial charge >= 0.3 is 69.9 Å². The Morgan fingerprint density at radius 1 is 0.429 bits per heavy atom. The van der Waals surface area contributed by atoms with Crippen LogP contribution in [0.25, 0.3) is 0 Å². The molecule has 0 amide bonds. The van der Waals surface area contributed by atoms with Crippen LogP contribution in [0.5, 0.6) is 0 Å². The number of hydrogen-bond acceptors (Lipinski definition) is 4. The van der Waals surface area contributed by atoms with E-state index in [0.717, 1.165) is 0 Å². The van der Waals surface area contributed by atoms with Crippen molar-refractivity contribution in [3.05, 3.63) is 26.3 Å². The van der Waals surface area contributed by atoms with E-state index in [0.29, 0.717) is 0 Å². The Balaban J connectivity index is -0.00000000167. The fraction of sp³-hybridized carbons (Fsp3) is 0. The summed E-state index contributed by atoms with van der Waals surface area (Å²) in [4.78, 5) is 0. The molecule has 0 aliphatic heterocycles. The molecule has 14 heavy (non-hydrogen) atoms. The Bertz CT molecular complexity index is 72.3. The molecule has 0 saturated heterocycles. The van der Waals surface area contributed by atoms with Crippen molar-refractivity contribution >= 4 is 48.9 Å². The molecular formula is C4H8BaN4O4Pt. The summed E-state index contributed by atoms with van der Waals surface area (Å²) in [5.41, 5.74) is 0. The summed E-state index contributed by atoms with van der Waals surface area (Å²) in [6.45, 7) is 19.0. The summed E-state index contributed by atoms with van der Waals surface area (Å²) in [5.74, 6) is 0. The Morgan fingerprint density at radius 2 is 0.429 bits per heavy atom. The van der Waals surface area contributed by atoms with Crippen molar-refractivity contribution < 1.29 is 43.0 Å². The Hall–Kier alpha value is 0.0597. The van der Waals surface area contributed by atoms with Gasteiger partial charge in [-0.3, -0.25) is 0 Å². The third-order valence-electron chi connectivity index (χ3n) is 0. The molecular weight excluding hydrogens is 500 g/mol. The maximum atomic E-state index is 6.25. The summed E-state index contributed by atoms with van der Waals surface area (Å²) >= 11 is 0. The van der Waals surface area contributed by atoms with Crippen molar-refractivity contribution in [1.29, 1.82) is 21.0 Å². The molecule has 0 bridgehead atoms. The SMILES string of the molecule is O.O.O.O.[Ba+2].[C-]#N.[C-]#N.[C-]#N.[C-]#N.[Pt+2]. The zero-order valence-electron chi connectivity index (χ0n) is 6.81. The van der Waals surface area contributed by atoms with Crippen molar-refractivity contribution in [2.24, 2.45) is 0 Å². The fourth-order valence-electron chi connectivity index (χ4n) is 0. The van der Waals surface area contributed by atoms with Crippen LogP contribution in [-0.4, -0.2) is 70.8 Å². The van der Waals surface area contributed by atoms with E-state index in [1.807, 2.05) is 0 Å². The van der Waals surface area contributed by atoms with Gasteiger partial charge in [-0.1, -0.05) is 0 Å². The second kappa shape index (κ2) is 532000. The van der Waals surface area contributed by atoms with E-state index in [1.165, 1.54) is 0 Å². The van der Waals surface area contributed by atoms with Crippen LogP contribution in [0.15, 0.2) is 0 Å². The van der Waals surface area contributed by atoms with Crippen molar-refractivity contribution in [1.82, 2.24) is 0 Å². The second-order valence-corrected chi connectivity index (χ2v) is 0. The van der Waals surface area contributed by atoms with Crippen LogP contribution in [0.2, 0.25) is 0 Å². The van der Waals surface area contributed by atoms with Crippen LogP contribution in [-0.2, 0) is 21.1 Å². The van der Waals surface area contributed by atoms with Gasteiger partial charge in [0.25, 0.3) is 0 Å². The minimum atomic E-state index is 0. The molecule has 0 unspecified atom stereocenters. The molecule has 0 aromatic heterocycles. The molecule has 0 aliphatic carbocycles. The summed E-state index contributed by atoms with van der Waals surface area (Å²) in [6.07, 6.45) is 0. The minimum absolute atomic E-state index is 0. The van der Waals surface area contributed by atoms with Crippen molar-refractivity contribution in [2.75, 3.05) is 0 Å². The van der Waals surface area contributed by atoms with Gasteiger partial charge in [0, 0.05) is 0 Å². The van der Waals surface area contributed by atoms with E-state index in [9.17, 15) is 0 Å². The number of hydrogen-bond donors (Lipinski definition) is 0. The van der Waals surface area contributed by atoms with E-state index in [1.54, 1.807) is 0 Å². The molecule has 0 saturated carbocycles. The van der Waals surface area contributed by atoms with E-state index in [2.05, 4.69) is 0 Å². The molecule has 0 aromatic carbocycles. The van der Waals surface area contributed by atoms with Gasteiger partial charge in [0.1, 0.15) is 0 Å². The van der Waals surface area contributed by atoms with Gasteiger partial charge in [0.2, 0.25) is 0 Å². The van der Waals surface area contributed by atoms with Gasteiger partial charge in [0.15, 0.2) is 0 Å². The zero-order chi connectivity index (χ0) is 8.00. The van der Waals surface area contributed by atoms with E-state index in [-0.39, 0.29) is 91.9 Å². The van der Waals surface area contributed by atoms with Crippen LogP contribution in [0.4, 0.5) is 0 Å².